The summed E-state index contributed by atoms with van der Waals surface area (Å²) < 4.78 is 25.6. The predicted molar refractivity (Wildman–Crippen MR) is 120 cm³/mol. The van der Waals surface area contributed by atoms with E-state index in [4.69, 9.17) is 9.47 Å². The average Bonchev–Trinajstić information content (AvgIpc) is 3.14. The summed E-state index contributed by atoms with van der Waals surface area (Å²) in [5, 5.41) is 9.50. The predicted octanol–water partition coefficient (Wildman–Crippen LogP) is 3.76. The van der Waals surface area contributed by atoms with Crippen molar-refractivity contribution in [2.75, 3.05) is 32.8 Å². The summed E-state index contributed by atoms with van der Waals surface area (Å²) in [5.41, 5.74) is 4.58. The Morgan fingerprint density at radius 2 is 2.06 bits per heavy atom. The molecule has 32 heavy (non-hydrogen) atoms. The topological polar surface area (TPSA) is 59.0 Å². The second kappa shape index (κ2) is 10.4. The van der Waals surface area contributed by atoms with Crippen LogP contribution in [0.15, 0.2) is 54.6 Å². The molecule has 0 spiro atoms. The van der Waals surface area contributed by atoms with Gasteiger partial charge in [-0.25, -0.2) is 9.18 Å². The quantitative estimate of drug-likeness (QED) is 0.501. The van der Waals surface area contributed by atoms with Crippen molar-refractivity contribution in [3.8, 4) is 0 Å². The van der Waals surface area contributed by atoms with Crippen LogP contribution in [0.2, 0.25) is 0 Å². The number of aliphatic hydroxyl groups is 1. The van der Waals surface area contributed by atoms with E-state index in [1.807, 2.05) is 6.07 Å². The minimum Gasteiger partial charge on any atom is -0.463 e. The maximum absolute atomic E-state index is 14.1. The summed E-state index contributed by atoms with van der Waals surface area (Å²) in [5.74, 6) is -0.456. The molecule has 0 unspecified atom stereocenters. The molecule has 170 valence electrons. The van der Waals surface area contributed by atoms with Crippen LogP contribution < -0.4 is 0 Å². The maximum Gasteiger partial charge on any atom is 0.330 e. The lowest BCUT2D eigenvalue weighted by Gasteiger charge is -2.24. The van der Waals surface area contributed by atoms with Crippen LogP contribution in [0, 0.1) is 5.82 Å². The molecule has 1 heterocycles. The molecular weight excluding hydrogens is 409 g/mol. The molecule has 0 radical (unpaired) electrons. The highest BCUT2D eigenvalue weighted by Crippen LogP contribution is 2.49. The highest BCUT2D eigenvalue weighted by molar-refractivity contribution is 5.81. The van der Waals surface area contributed by atoms with Gasteiger partial charge in [-0.2, -0.15) is 0 Å². The summed E-state index contributed by atoms with van der Waals surface area (Å²) in [6.45, 7) is 3.73. The van der Waals surface area contributed by atoms with E-state index in [0.29, 0.717) is 26.2 Å². The minimum absolute atomic E-state index is 0.0176. The third-order valence-corrected chi connectivity index (χ3v) is 6.25. The van der Waals surface area contributed by atoms with Crippen LogP contribution in [0.25, 0.3) is 0 Å². The van der Waals surface area contributed by atoms with Crippen molar-refractivity contribution in [1.29, 1.82) is 0 Å². The Hall–Kier alpha value is -2.54. The molecular formula is C26H30FNO4. The van der Waals surface area contributed by atoms with E-state index in [-0.39, 0.29) is 36.5 Å². The number of benzene rings is 2. The molecule has 1 aliphatic carbocycles. The molecule has 0 bridgehead atoms. The minimum atomic E-state index is -0.369. The SMILES string of the molecule is CCOC(=O)/C=C/CN(CCO)C[C@H]1C[C@@H]2c3ccccc3Cc3ccc(F)cc3[C@@H]2O1. The Balaban J connectivity index is 1.53. The summed E-state index contributed by atoms with van der Waals surface area (Å²) >= 11 is 0. The average molecular weight is 440 g/mol. The Kier molecular flexibility index (Phi) is 7.35. The first-order valence-corrected chi connectivity index (χ1v) is 11.3. The molecule has 3 atom stereocenters. The van der Waals surface area contributed by atoms with E-state index in [2.05, 4.69) is 29.2 Å². The molecule has 2 aliphatic rings. The van der Waals surface area contributed by atoms with Gasteiger partial charge in [0.05, 0.1) is 25.4 Å². The lowest BCUT2D eigenvalue weighted by Crippen LogP contribution is -2.34. The van der Waals surface area contributed by atoms with E-state index in [1.165, 1.54) is 23.3 Å². The fraction of sp³-hybridized carbons (Fsp3) is 0.423. The van der Waals surface area contributed by atoms with Crippen LogP contribution >= 0.6 is 0 Å². The van der Waals surface area contributed by atoms with E-state index < -0.39 is 0 Å². The summed E-state index contributed by atoms with van der Waals surface area (Å²) in [7, 11) is 0. The number of aliphatic hydroxyl groups excluding tert-OH is 1. The molecule has 2 aromatic carbocycles. The molecule has 1 fully saturated rings. The van der Waals surface area contributed by atoms with E-state index >= 15 is 0 Å². The van der Waals surface area contributed by atoms with Crippen LogP contribution in [-0.4, -0.2) is 54.9 Å². The molecule has 0 saturated carbocycles. The second-order valence-electron chi connectivity index (χ2n) is 8.38. The lowest BCUT2D eigenvalue weighted by molar-refractivity contribution is -0.137. The number of rotatable bonds is 8. The number of carbonyl (C=O) groups excluding carboxylic acids is 1. The number of carbonyl (C=O) groups is 1. The molecule has 0 aromatic heterocycles. The van der Waals surface area contributed by atoms with Crippen LogP contribution in [0.1, 0.15) is 47.6 Å². The van der Waals surface area contributed by atoms with E-state index in [9.17, 15) is 14.3 Å². The monoisotopic (exact) mass is 439 g/mol. The first-order chi connectivity index (χ1) is 15.6. The second-order valence-corrected chi connectivity index (χ2v) is 8.38. The number of hydrogen-bond acceptors (Lipinski definition) is 5. The van der Waals surface area contributed by atoms with Gasteiger partial charge in [-0.15, -0.1) is 0 Å². The van der Waals surface area contributed by atoms with Crippen molar-refractivity contribution in [2.45, 2.75) is 37.9 Å². The Bertz CT molecular complexity index is 976. The number of halogens is 1. The fourth-order valence-corrected chi connectivity index (χ4v) is 4.89. The largest absolute Gasteiger partial charge is 0.463 e. The van der Waals surface area contributed by atoms with Gasteiger partial charge in [0.15, 0.2) is 0 Å². The Morgan fingerprint density at radius 1 is 1.25 bits per heavy atom. The molecule has 0 amide bonds. The van der Waals surface area contributed by atoms with Gasteiger partial charge in [0, 0.05) is 31.6 Å². The molecule has 4 rings (SSSR count). The highest BCUT2D eigenvalue weighted by Gasteiger charge is 2.41. The lowest BCUT2D eigenvalue weighted by atomic mass is 9.87. The molecule has 6 heteroatoms. The van der Waals surface area contributed by atoms with E-state index in [0.717, 1.165) is 24.0 Å². The number of esters is 1. The van der Waals surface area contributed by atoms with Gasteiger partial charge >= 0.3 is 5.97 Å². The standard InChI is InChI=1S/C26H30FNO4/c1-2-31-25(30)8-5-11-28(12-13-29)17-21-16-24-22-7-4-3-6-18(22)14-19-9-10-20(27)15-23(19)26(24)32-21/h3-10,15,21,24,26,29H,2,11-14,16-17H2,1H3/b8-5+/t21-,24-,26+/m1/s1. The van der Waals surface area contributed by atoms with Gasteiger partial charge in [0.25, 0.3) is 0 Å². The first-order valence-electron chi connectivity index (χ1n) is 11.3. The summed E-state index contributed by atoms with van der Waals surface area (Å²) in [6, 6.07) is 13.4. The van der Waals surface area contributed by atoms with Crippen molar-refractivity contribution in [3.05, 3.63) is 82.7 Å². The molecule has 2 aromatic rings. The van der Waals surface area contributed by atoms with Gasteiger partial charge in [-0.3, -0.25) is 4.90 Å². The number of fused-ring (bicyclic) bond motifs is 5. The first kappa shape index (κ1) is 22.6. The number of ether oxygens (including phenoxy) is 2. The highest BCUT2D eigenvalue weighted by atomic mass is 19.1. The third kappa shape index (κ3) is 5.09. The van der Waals surface area contributed by atoms with Gasteiger partial charge < -0.3 is 14.6 Å². The van der Waals surface area contributed by atoms with Crippen LogP contribution in [-0.2, 0) is 20.7 Å². The number of hydrogen-bond donors (Lipinski definition) is 1. The smallest absolute Gasteiger partial charge is 0.330 e. The van der Waals surface area contributed by atoms with Crippen molar-refractivity contribution < 1.29 is 23.8 Å². The Morgan fingerprint density at radius 3 is 2.88 bits per heavy atom. The van der Waals surface area contributed by atoms with E-state index in [1.54, 1.807) is 19.1 Å². The normalized spacial score (nSPS) is 21.8. The number of nitrogens with zero attached hydrogens (tertiary/aromatic N) is 1. The van der Waals surface area contributed by atoms with Crippen LogP contribution in [0.3, 0.4) is 0 Å². The summed E-state index contributed by atoms with van der Waals surface area (Å²) in [6.07, 6.45) is 4.52. The Labute approximate surface area is 188 Å². The molecule has 5 nitrogen and oxygen atoms in total. The van der Waals surface area contributed by atoms with Crippen LogP contribution in [0.5, 0.6) is 0 Å². The zero-order valence-electron chi connectivity index (χ0n) is 18.4. The van der Waals surface area contributed by atoms with Gasteiger partial charge in [0.1, 0.15) is 5.82 Å². The molecule has 1 saturated heterocycles. The molecule has 1 aliphatic heterocycles. The van der Waals surface area contributed by atoms with Crippen LogP contribution in [0.4, 0.5) is 4.39 Å². The zero-order valence-corrected chi connectivity index (χ0v) is 18.4. The van der Waals surface area contributed by atoms with Gasteiger partial charge in [0.2, 0.25) is 0 Å². The van der Waals surface area contributed by atoms with Gasteiger partial charge in [-0.05, 0) is 54.2 Å². The summed E-state index contributed by atoms with van der Waals surface area (Å²) in [4.78, 5) is 13.6. The van der Waals surface area contributed by atoms with Gasteiger partial charge in [-0.1, -0.05) is 36.4 Å². The maximum atomic E-state index is 14.1. The third-order valence-electron chi connectivity index (χ3n) is 6.25. The fourth-order valence-electron chi connectivity index (χ4n) is 4.89. The molecule has 1 N–H and O–H groups in total. The van der Waals surface area contributed by atoms with Crippen molar-refractivity contribution in [3.63, 3.8) is 0 Å². The van der Waals surface area contributed by atoms with Crippen molar-refractivity contribution in [1.82, 2.24) is 4.90 Å². The zero-order chi connectivity index (χ0) is 22.5. The van der Waals surface area contributed by atoms with Crippen molar-refractivity contribution >= 4 is 5.97 Å². The van der Waals surface area contributed by atoms with Crippen molar-refractivity contribution in [2.24, 2.45) is 0 Å².